The second-order valence-corrected chi connectivity index (χ2v) is 7.24. The van der Waals surface area contributed by atoms with Crippen LogP contribution in [-0.4, -0.2) is 16.2 Å². The minimum Gasteiger partial charge on any atom is -0.398 e. The maximum atomic E-state index is 7.85. The van der Waals surface area contributed by atoms with Crippen LogP contribution < -0.4 is 11.5 Å². The number of aryl methyl sites for hydroxylation is 1. The fourth-order valence-electron chi connectivity index (χ4n) is 4.35. The fourth-order valence-corrected chi connectivity index (χ4v) is 4.35. The number of rotatable bonds is 2. The average molecular weight is 355 g/mol. The smallest absolute Gasteiger partial charge is 0.0744 e. The number of anilines is 2. The topological polar surface area (TPSA) is 105 Å². The molecule has 2 aromatic heterocycles. The van der Waals surface area contributed by atoms with Gasteiger partial charge in [0.25, 0.3) is 0 Å². The van der Waals surface area contributed by atoms with E-state index in [-0.39, 0.29) is 0 Å². The lowest BCUT2D eigenvalue weighted by atomic mass is 9.84. The molecule has 0 aliphatic heterocycles. The van der Waals surface area contributed by atoms with Crippen LogP contribution in [0.4, 0.5) is 11.4 Å². The molecule has 5 rings (SSSR count). The molecule has 5 heteroatoms. The second-order valence-electron chi connectivity index (χ2n) is 7.24. The third kappa shape index (κ3) is 2.31. The Balaban J connectivity index is 1.85. The molecule has 6 N–H and O–H groups in total. The van der Waals surface area contributed by atoms with Crippen molar-refractivity contribution in [3.8, 4) is 11.3 Å². The molecule has 0 bridgehead atoms. The maximum absolute atomic E-state index is 7.85. The second kappa shape index (κ2) is 5.84. The molecule has 5 nitrogen and oxygen atoms in total. The molecule has 0 unspecified atom stereocenters. The monoisotopic (exact) mass is 355 g/mol. The molecule has 2 heterocycles. The highest BCUT2D eigenvalue weighted by atomic mass is 14.7. The molecular formula is C22H21N5. The summed E-state index contributed by atoms with van der Waals surface area (Å²) < 4.78 is 0. The third-order valence-electron chi connectivity index (χ3n) is 5.68. The van der Waals surface area contributed by atoms with E-state index in [1.165, 1.54) is 17.3 Å². The highest BCUT2D eigenvalue weighted by molar-refractivity contribution is 6.05. The Morgan fingerprint density at radius 2 is 1.81 bits per heavy atom. The van der Waals surface area contributed by atoms with Gasteiger partial charge in [-0.05, 0) is 61.1 Å². The number of fused-ring (bicyclic) bond motifs is 4. The summed E-state index contributed by atoms with van der Waals surface area (Å²) in [5.74, 6) is 0. The SMILES string of the molecule is N=Cc1c(N)ccc2nc(-c3ccc4[nH]cc(N)c4c3)c3c(c12)CCCC3. The average Bonchev–Trinajstić information content (AvgIpc) is 3.07. The Morgan fingerprint density at radius 1 is 1.00 bits per heavy atom. The van der Waals surface area contributed by atoms with Gasteiger partial charge in [0.05, 0.1) is 16.9 Å². The number of nitrogens with zero attached hydrogens (tertiary/aromatic N) is 1. The quantitative estimate of drug-likeness (QED) is 0.316. The van der Waals surface area contributed by atoms with Crippen LogP contribution in [0.2, 0.25) is 0 Å². The van der Waals surface area contributed by atoms with Crippen molar-refractivity contribution < 1.29 is 0 Å². The summed E-state index contributed by atoms with van der Waals surface area (Å²) >= 11 is 0. The van der Waals surface area contributed by atoms with Gasteiger partial charge in [-0.1, -0.05) is 6.07 Å². The van der Waals surface area contributed by atoms with Gasteiger partial charge in [0.15, 0.2) is 0 Å². The summed E-state index contributed by atoms with van der Waals surface area (Å²) in [6, 6.07) is 10.1. The van der Waals surface area contributed by atoms with Gasteiger partial charge in [-0.15, -0.1) is 0 Å². The predicted octanol–water partition coefficient (Wildman–Crippen LogP) is 4.42. The first-order valence-electron chi connectivity index (χ1n) is 9.29. The predicted molar refractivity (Wildman–Crippen MR) is 112 cm³/mol. The number of benzene rings is 2. The number of H-pyrrole nitrogens is 1. The first-order valence-corrected chi connectivity index (χ1v) is 9.29. The van der Waals surface area contributed by atoms with Gasteiger partial charge < -0.3 is 21.9 Å². The van der Waals surface area contributed by atoms with Crippen molar-refractivity contribution in [2.75, 3.05) is 11.5 Å². The van der Waals surface area contributed by atoms with E-state index in [2.05, 4.69) is 23.2 Å². The van der Waals surface area contributed by atoms with E-state index in [0.717, 1.165) is 70.0 Å². The van der Waals surface area contributed by atoms with E-state index in [0.29, 0.717) is 5.69 Å². The number of hydrogen-bond donors (Lipinski definition) is 4. The highest BCUT2D eigenvalue weighted by Gasteiger charge is 2.21. The molecule has 0 spiro atoms. The van der Waals surface area contributed by atoms with E-state index in [4.69, 9.17) is 21.9 Å². The van der Waals surface area contributed by atoms with Crippen molar-refractivity contribution in [3.63, 3.8) is 0 Å². The van der Waals surface area contributed by atoms with E-state index in [9.17, 15) is 0 Å². The minimum absolute atomic E-state index is 0.640. The standard InChI is InChI=1S/C22H21N5/c23-10-16-17(24)6-8-20-21(16)13-3-1-2-4-14(13)22(27-20)12-5-7-19-15(9-12)18(25)11-26-19/h5-11,23,26H,1-4,24-25H2. The Hall–Kier alpha value is -3.34. The Morgan fingerprint density at radius 3 is 2.63 bits per heavy atom. The summed E-state index contributed by atoms with van der Waals surface area (Å²) in [6.45, 7) is 0. The third-order valence-corrected chi connectivity index (χ3v) is 5.68. The van der Waals surface area contributed by atoms with Gasteiger partial charge in [-0.3, -0.25) is 0 Å². The van der Waals surface area contributed by atoms with Gasteiger partial charge >= 0.3 is 0 Å². The molecular weight excluding hydrogens is 334 g/mol. The number of aromatic amines is 1. The number of hydrogen-bond acceptors (Lipinski definition) is 4. The zero-order chi connectivity index (χ0) is 18.5. The van der Waals surface area contributed by atoms with Crippen LogP contribution >= 0.6 is 0 Å². The summed E-state index contributed by atoms with van der Waals surface area (Å²) in [6.07, 6.45) is 7.50. The first kappa shape index (κ1) is 15.9. The maximum Gasteiger partial charge on any atom is 0.0744 e. The van der Waals surface area contributed by atoms with Gasteiger partial charge in [0.2, 0.25) is 0 Å². The van der Waals surface area contributed by atoms with Crippen LogP contribution in [0, 0.1) is 5.41 Å². The molecule has 0 saturated carbocycles. The van der Waals surface area contributed by atoms with Crippen LogP contribution in [-0.2, 0) is 12.8 Å². The number of nitrogens with one attached hydrogen (secondary N) is 2. The Bertz CT molecular complexity index is 1220. The summed E-state index contributed by atoms with van der Waals surface area (Å²) in [7, 11) is 0. The van der Waals surface area contributed by atoms with Crippen LogP contribution in [0.5, 0.6) is 0 Å². The van der Waals surface area contributed by atoms with Gasteiger partial charge in [-0.25, -0.2) is 4.98 Å². The van der Waals surface area contributed by atoms with Crippen LogP contribution in [0.1, 0.15) is 29.5 Å². The molecule has 27 heavy (non-hydrogen) atoms. The van der Waals surface area contributed by atoms with Gasteiger partial charge in [0, 0.05) is 45.5 Å². The van der Waals surface area contributed by atoms with Crippen LogP contribution in [0.3, 0.4) is 0 Å². The van der Waals surface area contributed by atoms with Crippen molar-refractivity contribution >= 4 is 39.4 Å². The van der Waals surface area contributed by atoms with Gasteiger partial charge in [0.1, 0.15) is 0 Å². The zero-order valence-corrected chi connectivity index (χ0v) is 15.0. The highest BCUT2D eigenvalue weighted by Crippen LogP contribution is 2.38. The molecule has 4 aromatic rings. The molecule has 2 aromatic carbocycles. The Labute approximate surface area is 156 Å². The molecule has 0 fully saturated rings. The Kier molecular flexibility index (Phi) is 3.44. The molecule has 0 saturated heterocycles. The van der Waals surface area contributed by atoms with Crippen molar-refractivity contribution in [1.82, 2.24) is 9.97 Å². The molecule has 0 amide bonds. The molecule has 1 aliphatic rings. The number of pyridine rings is 1. The largest absolute Gasteiger partial charge is 0.398 e. The molecule has 134 valence electrons. The lowest BCUT2D eigenvalue weighted by molar-refractivity contribution is 0.689. The van der Waals surface area contributed by atoms with E-state index in [1.807, 2.05) is 18.3 Å². The molecule has 0 radical (unpaired) electrons. The minimum atomic E-state index is 0.640. The lowest BCUT2D eigenvalue weighted by Crippen LogP contribution is -2.09. The van der Waals surface area contributed by atoms with E-state index in [1.54, 1.807) is 0 Å². The summed E-state index contributed by atoms with van der Waals surface area (Å²) in [5.41, 5.74) is 21.1. The fraction of sp³-hybridized carbons (Fsp3) is 0.182. The van der Waals surface area contributed by atoms with E-state index >= 15 is 0 Å². The van der Waals surface area contributed by atoms with Crippen molar-refractivity contribution in [2.45, 2.75) is 25.7 Å². The van der Waals surface area contributed by atoms with Crippen molar-refractivity contribution in [1.29, 1.82) is 5.41 Å². The normalized spacial score (nSPS) is 13.8. The number of nitrogen functional groups attached to an aromatic ring is 2. The van der Waals surface area contributed by atoms with Crippen molar-refractivity contribution in [3.05, 3.63) is 53.2 Å². The van der Waals surface area contributed by atoms with E-state index < -0.39 is 0 Å². The van der Waals surface area contributed by atoms with Crippen LogP contribution in [0.15, 0.2) is 36.5 Å². The number of aromatic nitrogens is 2. The van der Waals surface area contributed by atoms with Gasteiger partial charge in [-0.2, -0.15) is 0 Å². The lowest BCUT2D eigenvalue weighted by Gasteiger charge is -2.23. The van der Waals surface area contributed by atoms with Crippen LogP contribution in [0.25, 0.3) is 33.1 Å². The zero-order valence-electron chi connectivity index (χ0n) is 15.0. The summed E-state index contributed by atoms with van der Waals surface area (Å²) in [4.78, 5) is 8.21. The van der Waals surface area contributed by atoms with Crippen molar-refractivity contribution in [2.24, 2.45) is 0 Å². The first-order chi connectivity index (χ1) is 13.2. The summed E-state index contributed by atoms with van der Waals surface area (Å²) in [5, 5.41) is 9.92. The number of nitrogens with two attached hydrogens (primary N) is 2. The molecule has 1 aliphatic carbocycles. The molecule has 0 atom stereocenters.